The molecule has 1 saturated carbocycles. The minimum atomic E-state index is 0.0284. The topological polar surface area (TPSA) is 46.3 Å². The van der Waals surface area contributed by atoms with Crippen molar-refractivity contribution < 1.29 is 4.79 Å². The standard InChI is InChI=1S/C14H19BrN2O/c1-17(11-5-3-2-4-6-11)14(18)12-9-10(15)7-8-13(12)16/h7-9,11H,2-6,16H2,1H3. The minimum Gasteiger partial charge on any atom is -0.398 e. The molecule has 1 amide bonds. The number of nitrogens with zero attached hydrogens (tertiary/aromatic N) is 1. The molecule has 0 aromatic heterocycles. The van der Waals surface area contributed by atoms with E-state index in [0.29, 0.717) is 17.3 Å². The normalized spacial score (nSPS) is 16.6. The summed E-state index contributed by atoms with van der Waals surface area (Å²) in [5.74, 6) is 0.0284. The lowest BCUT2D eigenvalue weighted by Gasteiger charge is -2.31. The van der Waals surface area contributed by atoms with Crippen molar-refractivity contribution in [3.63, 3.8) is 0 Å². The summed E-state index contributed by atoms with van der Waals surface area (Å²) in [6.07, 6.45) is 5.94. The molecule has 18 heavy (non-hydrogen) atoms. The number of carbonyl (C=O) groups is 1. The highest BCUT2D eigenvalue weighted by molar-refractivity contribution is 9.10. The van der Waals surface area contributed by atoms with Crippen molar-refractivity contribution in [2.75, 3.05) is 12.8 Å². The first-order chi connectivity index (χ1) is 8.59. The number of amides is 1. The predicted molar refractivity (Wildman–Crippen MR) is 77.5 cm³/mol. The first-order valence-corrected chi connectivity index (χ1v) is 7.21. The van der Waals surface area contributed by atoms with Crippen LogP contribution in [0, 0.1) is 0 Å². The van der Waals surface area contributed by atoms with E-state index in [0.717, 1.165) is 17.3 Å². The summed E-state index contributed by atoms with van der Waals surface area (Å²) in [5.41, 5.74) is 7.03. The fraction of sp³-hybridized carbons (Fsp3) is 0.500. The number of hydrogen-bond donors (Lipinski definition) is 1. The van der Waals surface area contributed by atoms with Crippen molar-refractivity contribution in [2.24, 2.45) is 0 Å². The van der Waals surface area contributed by atoms with Gasteiger partial charge in [-0.3, -0.25) is 4.79 Å². The van der Waals surface area contributed by atoms with Crippen LogP contribution in [0.25, 0.3) is 0 Å². The monoisotopic (exact) mass is 310 g/mol. The molecule has 0 radical (unpaired) electrons. The lowest BCUT2D eigenvalue weighted by molar-refractivity contribution is 0.0697. The van der Waals surface area contributed by atoms with Gasteiger partial charge in [0.25, 0.3) is 5.91 Å². The second-order valence-corrected chi connectivity index (χ2v) is 5.86. The SMILES string of the molecule is CN(C(=O)c1cc(Br)ccc1N)C1CCCCC1. The maximum absolute atomic E-state index is 12.4. The average Bonchev–Trinajstić information content (AvgIpc) is 2.41. The minimum absolute atomic E-state index is 0.0284. The molecule has 0 heterocycles. The Morgan fingerprint density at radius 3 is 2.67 bits per heavy atom. The molecule has 2 N–H and O–H groups in total. The molecule has 3 nitrogen and oxygen atoms in total. The highest BCUT2D eigenvalue weighted by atomic mass is 79.9. The van der Waals surface area contributed by atoms with E-state index in [1.807, 2.05) is 18.0 Å². The van der Waals surface area contributed by atoms with Gasteiger partial charge in [-0.25, -0.2) is 0 Å². The van der Waals surface area contributed by atoms with E-state index in [2.05, 4.69) is 15.9 Å². The summed E-state index contributed by atoms with van der Waals surface area (Å²) in [6, 6.07) is 5.79. The zero-order valence-corrected chi connectivity index (χ0v) is 12.2. The maximum atomic E-state index is 12.4. The fourth-order valence-electron chi connectivity index (χ4n) is 2.54. The first kappa shape index (κ1) is 13.4. The molecule has 0 saturated heterocycles. The Balaban J connectivity index is 2.16. The quantitative estimate of drug-likeness (QED) is 0.851. The van der Waals surface area contributed by atoms with Crippen LogP contribution >= 0.6 is 15.9 Å². The van der Waals surface area contributed by atoms with Crippen LogP contribution in [0.1, 0.15) is 42.5 Å². The third kappa shape index (κ3) is 2.86. The van der Waals surface area contributed by atoms with Crippen LogP contribution in [0.5, 0.6) is 0 Å². The van der Waals surface area contributed by atoms with E-state index in [-0.39, 0.29) is 5.91 Å². The zero-order chi connectivity index (χ0) is 13.1. The smallest absolute Gasteiger partial charge is 0.255 e. The summed E-state index contributed by atoms with van der Waals surface area (Å²) >= 11 is 3.38. The van der Waals surface area contributed by atoms with E-state index >= 15 is 0 Å². The molecule has 0 aliphatic heterocycles. The van der Waals surface area contributed by atoms with Crippen molar-refractivity contribution in [2.45, 2.75) is 38.1 Å². The van der Waals surface area contributed by atoms with Crippen molar-refractivity contribution in [1.82, 2.24) is 4.90 Å². The van der Waals surface area contributed by atoms with Gasteiger partial charge in [0.2, 0.25) is 0 Å². The Morgan fingerprint density at radius 2 is 2.00 bits per heavy atom. The largest absolute Gasteiger partial charge is 0.398 e. The summed E-state index contributed by atoms with van der Waals surface area (Å²) in [4.78, 5) is 14.3. The summed E-state index contributed by atoms with van der Waals surface area (Å²) in [7, 11) is 1.89. The van der Waals surface area contributed by atoms with Gasteiger partial charge >= 0.3 is 0 Å². The van der Waals surface area contributed by atoms with Crippen LogP contribution in [-0.4, -0.2) is 23.9 Å². The molecule has 1 aliphatic carbocycles. The number of anilines is 1. The van der Waals surface area contributed by atoms with Crippen molar-refractivity contribution >= 4 is 27.5 Å². The van der Waals surface area contributed by atoms with E-state index in [1.54, 1.807) is 12.1 Å². The third-order valence-corrected chi connectivity index (χ3v) is 4.18. The molecule has 4 heteroatoms. The number of carbonyl (C=O) groups excluding carboxylic acids is 1. The number of hydrogen-bond acceptors (Lipinski definition) is 2. The van der Waals surface area contributed by atoms with E-state index < -0.39 is 0 Å². The Hall–Kier alpha value is -1.03. The van der Waals surface area contributed by atoms with Crippen LogP contribution < -0.4 is 5.73 Å². The Labute approximate surface area is 116 Å². The van der Waals surface area contributed by atoms with Crippen LogP contribution in [0.15, 0.2) is 22.7 Å². The van der Waals surface area contributed by atoms with Crippen LogP contribution in [-0.2, 0) is 0 Å². The molecule has 0 atom stereocenters. The van der Waals surface area contributed by atoms with Crippen molar-refractivity contribution in [3.8, 4) is 0 Å². The molecule has 0 unspecified atom stereocenters. The molecule has 1 fully saturated rings. The second-order valence-electron chi connectivity index (χ2n) is 4.94. The summed E-state index contributed by atoms with van der Waals surface area (Å²) < 4.78 is 0.886. The Morgan fingerprint density at radius 1 is 1.33 bits per heavy atom. The summed E-state index contributed by atoms with van der Waals surface area (Å²) in [6.45, 7) is 0. The lowest BCUT2D eigenvalue weighted by atomic mass is 9.94. The van der Waals surface area contributed by atoms with Gasteiger partial charge in [-0.1, -0.05) is 35.2 Å². The molecule has 1 aromatic carbocycles. The van der Waals surface area contributed by atoms with Crippen LogP contribution in [0.3, 0.4) is 0 Å². The van der Waals surface area contributed by atoms with Gasteiger partial charge in [0, 0.05) is 23.2 Å². The molecular formula is C14H19BrN2O. The third-order valence-electron chi connectivity index (χ3n) is 3.69. The molecule has 1 aliphatic rings. The number of halogens is 1. The second kappa shape index (κ2) is 5.74. The number of nitrogen functional groups attached to an aromatic ring is 1. The van der Waals surface area contributed by atoms with Gasteiger partial charge in [0.05, 0.1) is 5.56 Å². The van der Waals surface area contributed by atoms with Crippen LogP contribution in [0.4, 0.5) is 5.69 Å². The highest BCUT2D eigenvalue weighted by Gasteiger charge is 2.24. The van der Waals surface area contributed by atoms with Crippen molar-refractivity contribution in [3.05, 3.63) is 28.2 Å². The Bertz CT molecular complexity index is 441. The lowest BCUT2D eigenvalue weighted by Crippen LogP contribution is -2.38. The molecule has 0 spiro atoms. The molecule has 2 rings (SSSR count). The van der Waals surface area contributed by atoms with Crippen LogP contribution in [0.2, 0.25) is 0 Å². The number of nitrogens with two attached hydrogens (primary N) is 1. The maximum Gasteiger partial charge on any atom is 0.255 e. The molecule has 0 bridgehead atoms. The first-order valence-electron chi connectivity index (χ1n) is 6.42. The van der Waals surface area contributed by atoms with Crippen molar-refractivity contribution in [1.29, 1.82) is 0 Å². The average molecular weight is 311 g/mol. The van der Waals surface area contributed by atoms with E-state index in [4.69, 9.17) is 5.73 Å². The van der Waals surface area contributed by atoms with Gasteiger partial charge in [-0.05, 0) is 31.0 Å². The van der Waals surface area contributed by atoms with E-state index in [9.17, 15) is 4.79 Å². The van der Waals surface area contributed by atoms with Gasteiger partial charge in [-0.2, -0.15) is 0 Å². The predicted octanol–water partition coefficient (Wildman–Crippen LogP) is 3.44. The van der Waals surface area contributed by atoms with Gasteiger partial charge < -0.3 is 10.6 Å². The zero-order valence-electron chi connectivity index (χ0n) is 10.7. The molecule has 98 valence electrons. The number of rotatable bonds is 2. The van der Waals surface area contributed by atoms with Gasteiger partial charge in [-0.15, -0.1) is 0 Å². The summed E-state index contributed by atoms with van der Waals surface area (Å²) in [5, 5.41) is 0. The molecule has 1 aromatic rings. The fourth-order valence-corrected chi connectivity index (χ4v) is 2.90. The number of benzene rings is 1. The van der Waals surface area contributed by atoms with Gasteiger partial charge in [0.1, 0.15) is 0 Å². The molecular weight excluding hydrogens is 292 g/mol. The Kier molecular flexibility index (Phi) is 4.27. The van der Waals surface area contributed by atoms with E-state index in [1.165, 1.54) is 19.3 Å². The van der Waals surface area contributed by atoms with Gasteiger partial charge in [0.15, 0.2) is 0 Å². The highest BCUT2D eigenvalue weighted by Crippen LogP contribution is 2.25.